The molecular formula is C31H35F6N3O3. The smallest absolute Gasteiger partial charge is 0.343 e. The topological polar surface area (TPSA) is 60.9 Å². The summed E-state index contributed by atoms with van der Waals surface area (Å²) in [5.74, 6) is -1.65. The van der Waals surface area contributed by atoms with Crippen LogP contribution in [-0.4, -0.2) is 65.6 Å². The number of hydrogen-bond donors (Lipinski definition) is 0. The summed E-state index contributed by atoms with van der Waals surface area (Å²) in [7, 11) is 1.37. The molecule has 43 heavy (non-hydrogen) atoms. The van der Waals surface area contributed by atoms with Crippen LogP contribution in [0, 0.1) is 11.8 Å². The summed E-state index contributed by atoms with van der Waals surface area (Å²) >= 11 is 0. The average Bonchev–Trinajstić information content (AvgIpc) is 3.19. The second kappa shape index (κ2) is 13.0. The van der Waals surface area contributed by atoms with Gasteiger partial charge in [0.15, 0.2) is 0 Å². The molecule has 2 unspecified atom stereocenters. The average molecular weight is 612 g/mol. The van der Waals surface area contributed by atoms with Gasteiger partial charge in [0.05, 0.1) is 11.1 Å². The number of halogens is 6. The number of carbonyl (C=O) groups excluding carboxylic acids is 3. The van der Waals surface area contributed by atoms with Crippen LogP contribution in [0.3, 0.4) is 0 Å². The molecule has 12 heteroatoms. The molecule has 0 spiro atoms. The molecule has 2 atom stereocenters. The number of carbonyl (C=O) groups is 3. The summed E-state index contributed by atoms with van der Waals surface area (Å²) in [5, 5.41) is 0. The minimum absolute atomic E-state index is 0.0277. The van der Waals surface area contributed by atoms with Crippen molar-refractivity contribution in [3.63, 3.8) is 0 Å². The zero-order chi connectivity index (χ0) is 31.5. The van der Waals surface area contributed by atoms with Crippen LogP contribution in [-0.2, 0) is 33.3 Å². The minimum atomic E-state index is -4.99. The number of rotatable bonds is 5. The molecule has 2 aliphatic heterocycles. The summed E-state index contributed by atoms with van der Waals surface area (Å²) in [5.41, 5.74) is -2.27. The van der Waals surface area contributed by atoms with Crippen LogP contribution in [0.2, 0.25) is 0 Å². The summed E-state index contributed by atoms with van der Waals surface area (Å²) < 4.78 is 80.4. The highest BCUT2D eigenvalue weighted by atomic mass is 19.4. The number of hydrogen-bond acceptors (Lipinski definition) is 3. The SMILES string of the molecule is CC(=O)N1CCC(C(=O)N2CCC(C(=O)N(C)Cc3cc(C(F)(F)F)cc(C(F)(F)F)c3)C(c3ccccc3)CC2)CC1. The third-order valence-electron chi connectivity index (χ3n) is 8.50. The van der Waals surface area contributed by atoms with Crippen molar-refractivity contribution in [2.24, 2.45) is 11.8 Å². The molecule has 2 heterocycles. The number of likely N-dealkylation sites (tertiary alicyclic amines) is 2. The molecule has 6 nitrogen and oxygen atoms in total. The maximum atomic E-state index is 13.8. The summed E-state index contributed by atoms with van der Waals surface area (Å²) in [6, 6.07) is 10.6. The predicted molar refractivity (Wildman–Crippen MR) is 146 cm³/mol. The number of piperidine rings is 1. The first-order valence-corrected chi connectivity index (χ1v) is 14.3. The summed E-state index contributed by atoms with van der Waals surface area (Å²) in [6.07, 6.45) is -8.11. The van der Waals surface area contributed by atoms with E-state index in [1.54, 1.807) is 9.80 Å². The maximum absolute atomic E-state index is 13.8. The Morgan fingerprint density at radius 3 is 1.86 bits per heavy atom. The van der Waals surface area contributed by atoms with Gasteiger partial charge in [-0.25, -0.2) is 0 Å². The quantitative estimate of drug-likeness (QED) is 0.392. The third-order valence-corrected chi connectivity index (χ3v) is 8.50. The minimum Gasteiger partial charge on any atom is -0.343 e. The van der Waals surface area contributed by atoms with Crippen molar-refractivity contribution in [2.45, 2.75) is 57.4 Å². The van der Waals surface area contributed by atoms with E-state index in [2.05, 4.69) is 0 Å². The first kappa shape index (κ1) is 32.3. The molecule has 0 aliphatic carbocycles. The van der Waals surface area contributed by atoms with Crippen LogP contribution in [0.25, 0.3) is 0 Å². The van der Waals surface area contributed by atoms with Gasteiger partial charge in [-0.15, -0.1) is 0 Å². The molecule has 4 rings (SSSR count). The monoisotopic (exact) mass is 611 g/mol. The van der Waals surface area contributed by atoms with Crippen LogP contribution < -0.4 is 0 Å². The summed E-state index contributed by atoms with van der Waals surface area (Å²) in [4.78, 5) is 43.6. The fourth-order valence-electron chi connectivity index (χ4n) is 6.16. The summed E-state index contributed by atoms with van der Waals surface area (Å²) in [6.45, 7) is 2.76. The van der Waals surface area contributed by atoms with Crippen molar-refractivity contribution in [3.05, 3.63) is 70.8 Å². The predicted octanol–water partition coefficient (Wildman–Crippen LogP) is 5.96. The fourth-order valence-corrected chi connectivity index (χ4v) is 6.16. The highest BCUT2D eigenvalue weighted by Gasteiger charge is 2.39. The van der Waals surface area contributed by atoms with E-state index >= 15 is 0 Å². The van der Waals surface area contributed by atoms with Crippen LogP contribution in [0.15, 0.2) is 48.5 Å². The van der Waals surface area contributed by atoms with E-state index in [9.17, 15) is 40.7 Å². The standard InChI is InChI=1S/C31H35F6N3O3/c1-20(41)39-12-8-23(9-13-39)28(42)40-14-10-26(22-6-4-3-5-7-22)27(11-15-40)29(43)38(2)19-21-16-24(30(32,33)34)18-25(17-21)31(35,36)37/h3-7,16-18,23,26-27H,8-15,19H2,1-2H3. The molecule has 0 saturated carbocycles. The molecule has 0 aromatic heterocycles. The van der Waals surface area contributed by atoms with Crippen molar-refractivity contribution in [3.8, 4) is 0 Å². The number of nitrogens with zero attached hydrogens (tertiary/aromatic N) is 3. The lowest BCUT2D eigenvalue weighted by molar-refractivity contribution is -0.143. The number of amides is 3. The largest absolute Gasteiger partial charge is 0.416 e. The second-order valence-corrected chi connectivity index (χ2v) is 11.4. The van der Waals surface area contributed by atoms with E-state index in [1.165, 1.54) is 18.9 Å². The van der Waals surface area contributed by atoms with E-state index in [0.29, 0.717) is 57.6 Å². The van der Waals surface area contributed by atoms with Gasteiger partial charge in [-0.2, -0.15) is 26.3 Å². The van der Waals surface area contributed by atoms with E-state index < -0.39 is 41.8 Å². The second-order valence-electron chi connectivity index (χ2n) is 11.4. The van der Waals surface area contributed by atoms with E-state index in [-0.39, 0.29) is 41.7 Å². The molecule has 3 amide bonds. The molecule has 0 radical (unpaired) electrons. The van der Waals surface area contributed by atoms with Crippen LogP contribution in [0.4, 0.5) is 26.3 Å². The Bertz CT molecular complexity index is 1270. The van der Waals surface area contributed by atoms with Gasteiger partial charge in [-0.05, 0) is 60.9 Å². The lowest BCUT2D eigenvalue weighted by atomic mass is 9.81. The molecule has 2 fully saturated rings. The van der Waals surface area contributed by atoms with Gasteiger partial charge in [0.2, 0.25) is 17.7 Å². The Morgan fingerprint density at radius 1 is 0.791 bits per heavy atom. The van der Waals surface area contributed by atoms with Crippen molar-refractivity contribution in [1.29, 1.82) is 0 Å². The number of benzene rings is 2. The van der Waals surface area contributed by atoms with Gasteiger partial charge >= 0.3 is 12.4 Å². The Hall–Kier alpha value is -3.57. The zero-order valence-electron chi connectivity index (χ0n) is 24.0. The van der Waals surface area contributed by atoms with Crippen molar-refractivity contribution < 1.29 is 40.7 Å². The van der Waals surface area contributed by atoms with Gasteiger partial charge in [0, 0.05) is 58.5 Å². The normalized spacial score (nSPS) is 20.5. The van der Waals surface area contributed by atoms with Gasteiger partial charge in [-0.3, -0.25) is 14.4 Å². The molecule has 0 bridgehead atoms. The van der Waals surface area contributed by atoms with E-state index in [1.807, 2.05) is 30.3 Å². The Morgan fingerprint density at radius 2 is 1.33 bits per heavy atom. The first-order chi connectivity index (χ1) is 20.1. The Kier molecular flexibility index (Phi) is 9.76. The lowest BCUT2D eigenvalue weighted by Gasteiger charge is -2.33. The van der Waals surface area contributed by atoms with Crippen molar-refractivity contribution in [1.82, 2.24) is 14.7 Å². The van der Waals surface area contributed by atoms with E-state index in [0.717, 1.165) is 5.56 Å². The van der Waals surface area contributed by atoms with Crippen molar-refractivity contribution >= 4 is 17.7 Å². The highest BCUT2D eigenvalue weighted by molar-refractivity contribution is 5.81. The third kappa shape index (κ3) is 7.88. The van der Waals surface area contributed by atoms with Crippen molar-refractivity contribution in [2.75, 3.05) is 33.2 Å². The lowest BCUT2D eigenvalue weighted by Crippen LogP contribution is -2.44. The maximum Gasteiger partial charge on any atom is 0.416 e. The molecule has 2 aliphatic rings. The van der Waals surface area contributed by atoms with Gasteiger partial charge in [-0.1, -0.05) is 30.3 Å². The Balaban J connectivity index is 1.54. The fraction of sp³-hybridized carbons (Fsp3) is 0.516. The van der Waals surface area contributed by atoms with E-state index in [4.69, 9.17) is 0 Å². The molecule has 0 N–H and O–H groups in total. The molecule has 234 valence electrons. The molecule has 2 aromatic carbocycles. The zero-order valence-corrected chi connectivity index (χ0v) is 24.0. The van der Waals surface area contributed by atoms with Gasteiger partial charge < -0.3 is 14.7 Å². The Labute approximate surface area is 246 Å². The first-order valence-electron chi connectivity index (χ1n) is 14.3. The highest BCUT2D eigenvalue weighted by Crippen LogP contribution is 2.38. The van der Waals surface area contributed by atoms with Gasteiger partial charge in [0.1, 0.15) is 0 Å². The number of alkyl halides is 6. The van der Waals surface area contributed by atoms with Gasteiger partial charge in [0.25, 0.3) is 0 Å². The molecule has 2 aromatic rings. The van der Waals surface area contributed by atoms with Crippen LogP contribution in [0.1, 0.15) is 60.8 Å². The molecular weight excluding hydrogens is 576 g/mol. The van der Waals surface area contributed by atoms with Crippen LogP contribution >= 0.6 is 0 Å². The molecule has 2 saturated heterocycles. The van der Waals surface area contributed by atoms with Crippen LogP contribution in [0.5, 0.6) is 0 Å².